The first kappa shape index (κ1) is 10.3. The maximum atomic E-state index is 10.8. The number of nitrogens with two attached hydrogens (primary N) is 1. The van der Waals surface area contributed by atoms with E-state index in [-0.39, 0.29) is 16.3 Å². The molecule has 7 nitrogen and oxygen atoms in total. The number of nitro benzene ring substituents is 1. The van der Waals surface area contributed by atoms with E-state index in [0.29, 0.717) is 5.56 Å². The largest absolute Gasteiger partial charge is 0.335 e. The van der Waals surface area contributed by atoms with Crippen molar-refractivity contribution in [1.82, 2.24) is 14.9 Å². The molecule has 1 aromatic carbocycles. The Morgan fingerprint density at radius 2 is 2.19 bits per heavy atom. The van der Waals surface area contributed by atoms with Gasteiger partial charge in [-0.15, -0.1) is 0 Å². The molecule has 3 N–H and O–H groups in total. The molecule has 0 bridgehead atoms. The molecule has 82 valence electrons. The average molecular weight is 237 g/mol. The van der Waals surface area contributed by atoms with Crippen molar-refractivity contribution in [3.63, 3.8) is 0 Å². The first-order valence-electron chi connectivity index (χ1n) is 4.27. The van der Waals surface area contributed by atoms with Crippen LogP contribution in [-0.2, 0) is 0 Å². The summed E-state index contributed by atoms with van der Waals surface area (Å²) in [5, 5.41) is 17.1. The molecule has 8 heteroatoms. The molecular weight excluding hydrogens is 230 g/mol. The Bertz CT molecular complexity index is 602. The number of H-pyrrole nitrogens is 1. The lowest BCUT2D eigenvalue weighted by Crippen LogP contribution is -2.10. The van der Waals surface area contributed by atoms with Gasteiger partial charge in [0.25, 0.3) is 5.69 Å². The van der Waals surface area contributed by atoms with Crippen LogP contribution < -0.4 is 5.84 Å². The van der Waals surface area contributed by atoms with E-state index in [9.17, 15) is 10.1 Å². The molecule has 0 saturated heterocycles. The van der Waals surface area contributed by atoms with Crippen molar-refractivity contribution < 1.29 is 4.92 Å². The number of aromatic amines is 1. The third kappa shape index (κ3) is 1.54. The zero-order valence-electron chi connectivity index (χ0n) is 7.95. The number of rotatable bonds is 2. The molecule has 0 radical (unpaired) electrons. The number of nitro groups is 1. The minimum Gasteiger partial charge on any atom is -0.335 e. The van der Waals surface area contributed by atoms with Crippen molar-refractivity contribution in [3.8, 4) is 11.4 Å². The molecule has 0 aliphatic heterocycles. The van der Waals surface area contributed by atoms with E-state index < -0.39 is 4.92 Å². The number of nitrogens with zero attached hydrogens (tertiary/aromatic N) is 3. The standard InChI is InChI=1S/C8H7N5O2S/c9-12-7(10-11-8(12)16)5-3-1-2-4-6(5)13(14)15/h1-4H,9H2,(H,11,16). The van der Waals surface area contributed by atoms with Gasteiger partial charge in [-0.3, -0.25) is 10.1 Å². The Labute approximate surface area is 94.6 Å². The second kappa shape index (κ2) is 3.74. The molecule has 0 unspecified atom stereocenters. The molecule has 0 saturated carbocycles. The second-order valence-electron chi connectivity index (χ2n) is 3.00. The fourth-order valence-corrected chi connectivity index (χ4v) is 1.45. The summed E-state index contributed by atoms with van der Waals surface area (Å²) in [4.78, 5) is 10.3. The van der Waals surface area contributed by atoms with Crippen LogP contribution in [0.3, 0.4) is 0 Å². The Hall–Kier alpha value is -2.22. The van der Waals surface area contributed by atoms with Crippen LogP contribution in [0.2, 0.25) is 0 Å². The SMILES string of the molecule is Nn1c(-c2ccccc2[N+](=O)[O-])n[nH]c1=S. The van der Waals surface area contributed by atoms with Crippen molar-refractivity contribution in [2.45, 2.75) is 0 Å². The minimum atomic E-state index is -0.493. The molecule has 0 fully saturated rings. The highest BCUT2D eigenvalue weighted by atomic mass is 32.1. The van der Waals surface area contributed by atoms with E-state index in [2.05, 4.69) is 10.2 Å². The molecule has 0 atom stereocenters. The fourth-order valence-electron chi connectivity index (χ4n) is 1.32. The van der Waals surface area contributed by atoms with E-state index in [1.54, 1.807) is 18.2 Å². The van der Waals surface area contributed by atoms with Crippen molar-refractivity contribution in [1.29, 1.82) is 0 Å². The number of aromatic nitrogens is 3. The Balaban J connectivity index is 2.69. The van der Waals surface area contributed by atoms with Crippen LogP contribution in [0.15, 0.2) is 24.3 Å². The van der Waals surface area contributed by atoms with Crippen LogP contribution in [0.5, 0.6) is 0 Å². The number of hydrogen-bond donors (Lipinski definition) is 2. The lowest BCUT2D eigenvalue weighted by atomic mass is 10.2. The molecule has 0 aliphatic carbocycles. The summed E-state index contributed by atoms with van der Waals surface area (Å²) in [5.41, 5.74) is 0.255. The smallest absolute Gasteiger partial charge is 0.280 e. The van der Waals surface area contributed by atoms with Gasteiger partial charge in [-0.1, -0.05) is 12.1 Å². The quantitative estimate of drug-likeness (QED) is 0.354. The van der Waals surface area contributed by atoms with Crippen LogP contribution in [-0.4, -0.2) is 19.8 Å². The number of hydrogen-bond acceptors (Lipinski definition) is 5. The van der Waals surface area contributed by atoms with Gasteiger partial charge in [-0.05, 0) is 18.3 Å². The lowest BCUT2D eigenvalue weighted by Gasteiger charge is -2.00. The third-order valence-corrected chi connectivity index (χ3v) is 2.33. The monoisotopic (exact) mass is 237 g/mol. The zero-order chi connectivity index (χ0) is 11.7. The van der Waals surface area contributed by atoms with Crippen molar-refractivity contribution in [2.75, 3.05) is 5.84 Å². The maximum absolute atomic E-state index is 10.8. The van der Waals surface area contributed by atoms with Gasteiger partial charge in [-0.2, -0.15) is 5.10 Å². The normalized spacial score (nSPS) is 10.2. The van der Waals surface area contributed by atoms with Crippen LogP contribution >= 0.6 is 12.2 Å². The Morgan fingerprint density at radius 1 is 1.50 bits per heavy atom. The molecule has 1 aromatic heterocycles. The third-order valence-electron chi connectivity index (χ3n) is 2.05. The second-order valence-corrected chi connectivity index (χ2v) is 3.38. The van der Waals surface area contributed by atoms with Crippen molar-refractivity contribution in [3.05, 3.63) is 39.2 Å². The molecular formula is C8H7N5O2S. The van der Waals surface area contributed by atoms with Crippen LogP contribution in [0.25, 0.3) is 11.4 Å². The number of nitrogens with one attached hydrogen (secondary N) is 1. The summed E-state index contributed by atoms with van der Waals surface area (Å²) in [6, 6.07) is 6.18. The van der Waals surface area contributed by atoms with E-state index in [1.165, 1.54) is 6.07 Å². The summed E-state index contributed by atoms with van der Waals surface area (Å²) in [5.74, 6) is 5.83. The van der Waals surface area contributed by atoms with Crippen molar-refractivity contribution in [2.24, 2.45) is 0 Å². The van der Waals surface area contributed by atoms with Crippen LogP contribution in [0.4, 0.5) is 5.69 Å². The predicted octanol–water partition coefficient (Wildman–Crippen LogP) is 1.23. The zero-order valence-corrected chi connectivity index (χ0v) is 8.77. The van der Waals surface area contributed by atoms with Gasteiger partial charge in [0.15, 0.2) is 5.82 Å². The number of nitrogen functional groups attached to an aromatic ring is 1. The van der Waals surface area contributed by atoms with Crippen molar-refractivity contribution >= 4 is 17.9 Å². The highest BCUT2D eigenvalue weighted by molar-refractivity contribution is 7.71. The number of benzene rings is 1. The van der Waals surface area contributed by atoms with E-state index >= 15 is 0 Å². The van der Waals surface area contributed by atoms with E-state index in [0.717, 1.165) is 4.68 Å². The van der Waals surface area contributed by atoms with E-state index in [4.69, 9.17) is 18.1 Å². The van der Waals surface area contributed by atoms with Gasteiger partial charge in [0.2, 0.25) is 4.77 Å². The van der Waals surface area contributed by atoms with Gasteiger partial charge in [0.05, 0.1) is 10.5 Å². The van der Waals surface area contributed by atoms with Crippen LogP contribution in [0, 0.1) is 14.9 Å². The minimum absolute atomic E-state index is 0.0665. The maximum Gasteiger partial charge on any atom is 0.280 e. The predicted molar refractivity (Wildman–Crippen MR) is 59.7 cm³/mol. The first-order valence-corrected chi connectivity index (χ1v) is 4.68. The average Bonchev–Trinajstić information content (AvgIpc) is 2.60. The Kier molecular flexibility index (Phi) is 2.41. The molecule has 0 spiro atoms. The Morgan fingerprint density at radius 3 is 2.75 bits per heavy atom. The lowest BCUT2D eigenvalue weighted by molar-refractivity contribution is -0.384. The summed E-state index contributed by atoms with van der Waals surface area (Å²) in [6.45, 7) is 0. The first-order chi connectivity index (χ1) is 7.61. The summed E-state index contributed by atoms with van der Waals surface area (Å²) in [7, 11) is 0. The van der Waals surface area contributed by atoms with Gasteiger partial charge in [0, 0.05) is 6.07 Å². The summed E-state index contributed by atoms with van der Waals surface area (Å²) >= 11 is 4.83. The molecule has 0 amide bonds. The topological polar surface area (TPSA) is 103 Å². The van der Waals surface area contributed by atoms with Gasteiger partial charge in [-0.25, -0.2) is 9.77 Å². The molecule has 1 heterocycles. The molecule has 0 aliphatic rings. The number of para-hydroxylation sites is 1. The molecule has 2 aromatic rings. The highest BCUT2D eigenvalue weighted by Crippen LogP contribution is 2.26. The molecule has 2 rings (SSSR count). The van der Waals surface area contributed by atoms with E-state index in [1.807, 2.05) is 0 Å². The molecule has 16 heavy (non-hydrogen) atoms. The summed E-state index contributed by atoms with van der Waals surface area (Å²) in [6.07, 6.45) is 0. The summed E-state index contributed by atoms with van der Waals surface area (Å²) < 4.78 is 1.30. The van der Waals surface area contributed by atoms with Gasteiger partial charge < -0.3 is 5.84 Å². The van der Waals surface area contributed by atoms with Gasteiger partial charge >= 0.3 is 0 Å². The fraction of sp³-hybridized carbons (Fsp3) is 0. The highest BCUT2D eigenvalue weighted by Gasteiger charge is 2.18. The van der Waals surface area contributed by atoms with Crippen LogP contribution in [0.1, 0.15) is 0 Å². The van der Waals surface area contributed by atoms with Gasteiger partial charge in [0.1, 0.15) is 0 Å².